The minimum Gasteiger partial charge on any atom is -0.478 e. The lowest BCUT2D eigenvalue weighted by atomic mass is 10.1. The number of carbonyl (C=O) groups is 2. The number of hydrogen-bond donors (Lipinski definition) is 2. The molecule has 3 rings (SSSR count). The predicted molar refractivity (Wildman–Crippen MR) is 141 cm³/mol. The van der Waals surface area contributed by atoms with Crippen molar-refractivity contribution < 1.29 is 23.8 Å². The van der Waals surface area contributed by atoms with E-state index in [4.69, 9.17) is 33.0 Å². The van der Waals surface area contributed by atoms with E-state index in [9.17, 15) is 9.59 Å². The first kappa shape index (κ1) is 27.4. The summed E-state index contributed by atoms with van der Waals surface area (Å²) in [4.78, 5) is 28.1. The Kier molecular flexibility index (Phi) is 9.62. The molecule has 0 bridgehead atoms. The Bertz CT molecular complexity index is 1370. The van der Waals surface area contributed by atoms with Crippen molar-refractivity contribution in [2.75, 3.05) is 18.5 Å². The molecule has 1 aromatic heterocycles. The summed E-state index contributed by atoms with van der Waals surface area (Å²) in [5.41, 5.74) is 1.31. The van der Waals surface area contributed by atoms with Crippen LogP contribution >= 0.6 is 34.5 Å². The van der Waals surface area contributed by atoms with Gasteiger partial charge in [0.2, 0.25) is 0 Å². The highest BCUT2D eigenvalue weighted by molar-refractivity contribution is 7.14. The number of carboxylic acids is 1. The lowest BCUT2D eigenvalue weighted by Gasteiger charge is -2.08. The van der Waals surface area contributed by atoms with Crippen molar-refractivity contribution in [3.63, 3.8) is 0 Å². The molecule has 10 heteroatoms. The van der Waals surface area contributed by atoms with Gasteiger partial charge in [-0.2, -0.15) is 0 Å². The fourth-order valence-corrected chi connectivity index (χ4v) is 4.28. The molecule has 2 aromatic carbocycles. The number of thiazole rings is 1. The third-order valence-electron chi connectivity index (χ3n) is 4.78. The van der Waals surface area contributed by atoms with Crippen LogP contribution in [0.25, 0.3) is 17.3 Å². The summed E-state index contributed by atoms with van der Waals surface area (Å²) >= 11 is 13.6. The van der Waals surface area contributed by atoms with Crippen LogP contribution in [0.15, 0.2) is 41.3 Å². The molecule has 36 heavy (non-hydrogen) atoms. The maximum absolute atomic E-state index is 15.0. The van der Waals surface area contributed by atoms with Crippen molar-refractivity contribution in [1.29, 1.82) is 0 Å². The van der Waals surface area contributed by atoms with E-state index in [1.54, 1.807) is 23.6 Å². The third-order valence-corrected chi connectivity index (χ3v) is 6.17. The number of aliphatic carboxylic acids is 1. The second-order valence-electron chi connectivity index (χ2n) is 7.50. The summed E-state index contributed by atoms with van der Waals surface area (Å²) in [6.07, 6.45) is 2.20. The lowest BCUT2D eigenvalue weighted by molar-refractivity contribution is -0.132. The number of aromatic nitrogens is 1. The van der Waals surface area contributed by atoms with E-state index in [0.717, 1.165) is 17.8 Å². The predicted octanol–water partition coefficient (Wildman–Crippen LogP) is 6.77. The molecule has 1 heterocycles. The monoisotopic (exact) mass is 546 g/mol. The van der Waals surface area contributed by atoms with Gasteiger partial charge in [-0.3, -0.25) is 10.1 Å². The molecule has 0 radical (unpaired) electrons. The van der Waals surface area contributed by atoms with E-state index in [1.807, 2.05) is 6.92 Å². The van der Waals surface area contributed by atoms with Crippen molar-refractivity contribution in [2.45, 2.75) is 20.3 Å². The molecule has 0 aliphatic heterocycles. The average molecular weight is 547 g/mol. The standard InChI is InChI=1S/C26H21Cl2FN2O4S/c1-3-9-35-10-5-7-16-6-4-8-18(23(16)29)22-14-36-26(30-22)31-24(32)17-12-20(27)19(21(28)13-17)11-15(2)25(33)34/h4,6,8,11-14H,3,9-10H2,1-2H3,(H,33,34)(H,30,31,32)/b15-11+. The zero-order valence-corrected chi connectivity index (χ0v) is 21.7. The van der Waals surface area contributed by atoms with E-state index in [0.29, 0.717) is 17.9 Å². The van der Waals surface area contributed by atoms with Gasteiger partial charge in [0, 0.05) is 34.3 Å². The Labute approximate surface area is 221 Å². The molecule has 0 unspecified atom stereocenters. The number of rotatable bonds is 8. The van der Waals surface area contributed by atoms with Gasteiger partial charge in [-0.15, -0.1) is 11.3 Å². The van der Waals surface area contributed by atoms with Crippen LogP contribution in [-0.4, -0.2) is 35.2 Å². The van der Waals surface area contributed by atoms with Crippen LogP contribution in [0, 0.1) is 17.7 Å². The van der Waals surface area contributed by atoms with Crippen LogP contribution in [0.4, 0.5) is 9.52 Å². The van der Waals surface area contributed by atoms with E-state index in [2.05, 4.69) is 22.1 Å². The molecule has 0 saturated heterocycles. The Balaban J connectivity index is 1.77. The zero-order chi connectivity index (χ0) is 26.2. The smallest absolute Gasteiger partial charge is 0.331 e. The average Bonchev–Trinajstić information content (AvgIpc) is 3.29. The molecule has 0 aliphatic rings. The Morgan fingerprint density at radius 2 is 2.00 bits per heavy atom. The van der Waals surface area contributed by atoms with Crippen LogP contribution in [0.1, 0.15) is 41.8 Å². The maximum atomic E-state index is 15.0. The number of carbonyl (C=O) groups excluding carboxylic acids is 1. The topological polar surface area (TPSA) is 88.5 Å². The maximum Gasteiger partial charge on any atom is 0.331 e. The third kappa shape index (κ3) is 6.93. The summed E-state index contributed by atoms with van der Waals surface area (Å²) in [7, 11) is 0. The number of hydrogen-bond acceptors (Lipinski definition) is 5. The van der Waals surface area contributed by atoms with Gasteiger partial charge in [0.05, 0.1) is 21.3 Å². The highest BCUT2D eigenvalue weighted by atomic mass is 35.5. The van der Waals surface area contributed by atoms with Crippen molar-refractivity contribution >= 4 is 57.6 Å². The van der Waals surface area contributed by atoms with Crippen LogP contribution in [0.5, 0.6) is 0 Å². The number of anilines is 1. The number of carboxylic acid groups (broad SMARTS) is 1. The molecule has 6 nitrogen and oxygen atoms in total. The minimum absolute atomic E-state index is 0.0402. The van der Waals surface area contributed by atoms with Crippen molar-refractivity contribution in [1.82, 2.24) is 4.98 Å². The van der Waals surface area contributed by atoms with E-state index < -0.39 is 17.7 Å². The molecule has 0 fully saturated rings. The molecule has 2 N–H and O–H groups in total. The van der Waals surface area contributed by atoms with E-state index in [1.165, 1.54) is 25.1 Å². The van der Waals surface area contributed by atoms with Gasteiger partial charge in [-0.05, 0) is 43.7 Å². The van der Waals surface area contributed by atoms with Gasteiger partial charge in [0.15, 0.2) is 5.13 Å². The number of ether oxygens (including phenoxy) is 1. The van der Waals surface area contributed by atoms with Gasteiger partial charge < -0.3 is 9.84 Å². The van der Waals surface area contributed by atoms with Crippen molar-refractivity contribution in [3.8, 4) is 23.1 Å². The van der Waals surface area contributed by atoms with Gasteiger partial charge >= 0.3 is 5.97 Å². The van der Waals surface area contributed by atoms with Gasteiger partial charge in [0.25, 0.3) is 5.91 Å². The molecule has 0 saturated carbocycles. The summed E-state index contributed by atoms with van der Waals surface area (Å²) in [6.45, 7) is 4.20. The van der Waals surface area contributed by atoms with Crippen LogP contribution in [0.2, 0.25) is 10.0 Å². The van der Waals surface area contributed by atoms with Crippen molar-refractivity contribution in [3.05, 3.63) is 73.8 Å². The SMILES string of the molecule is CCCOCC#Cc1cccc(-c2csc(NC(=O)c3cc(Cl)c(/C=C(\C)C(=O)O)c(Cl)c3)n2)c1F. The first-order valence-corrected chi connectivity index (χ1v) is 12.4. The quantitative estimate of drug-likeness (QED) is 0.185. The highest BCUT2D eigenvalue weighted by Gasteiger charge is 2.16. The normalized spacial score (nSPS) is 11.1. The largest absolute Gasteiger partial charge is 0.478 e. The van der Waals surface area contributed by atoms with Crippen LogP contribution in [-0.2, 0) is 9.53 Å². The minimum atomic E-state index is -1.11. The van der Waals surface area contributed by atoms with Gasteiger partial charge in [0.1, 0.15) is 12.4 Å². The fraction of sp³-hybridized carbons (Fsp3) is 0.192. The molecular weight excluding hydrogens is 526 g/mol. The van der Waals surface area contributed by atoms with Crippen LogP contribution < -0.4 is 5.32 Å². The Morgan fingerprint density at radius 1 is 1.28 bits per heavy atom. The first-order chi connectivity index (χ1) is 17.2. The molecule has 1 amide bonds. The summed E-state index contributed by atoms with van der Waals surface area (Å²) in [5.74, 6) is 3.41. The number of amides is 1. The Hall–Kier alpha value is -3.22. The summed E-state index contributed by atoms with van der Waals surface area (Å²) in [6, 6.07) is 7.60. The van der Waals surface area contributed by atoms with Gasteiger partial charge in [-0.25, -0.2) is 14.2 Å². The zero-order valence-electron chi connectivity index (χ0n) is 19.3. The Morgan fingerprint density at radius 3 is 2.67 bits per heavy atom. The number of nitrogens with zero attached hydrogens (tertiary/aromatic N) is 1. The lowest BCUT2D eigenvalue weighted by Crippen LogP contribution is -2.12. The number of benzene rings is 2. The van der Waals surface area contributed by atoms with Gasteiger partial charge in [-0.1, -0.05) is 48.0 Å². The molecule has 3 aromatic rings. The van der Waals surface area contributed by atoms with Crippen molar-refractivity contribution in [2.24, 2.45) is 0 Å². The van der Waals surface area contributed by atoms with E-state index >= 15 is 4.39 Å². The molecular formula is C26H21Cl2FN2O4S. The second kappa shape index (κ2) is 12.7. The molecule has 186 valence electrons. The molecule has 0 spiro atoms. The van der Waals surface area contributed by atoms with E-state index in [-0.39, 0.29) is 44.0 Å². The number of halogens is 3. The highest BCUT2D eigenvalue weighted by Crippen LogP contribution is 2.31. The summed E-state index contributed by atoms with van der Waals surface area (Å²) < 4.78 is 20.3. The first-order valence-electron chi connectivity index (χ1n) is 10.7. The fourth-order valence-electron chi connectivity index (χ4n) is 2.98. The number of nitrogens with one attached hydrogen (secondary N) is 1. The summed E-state index contributed by atoms with van der Waals surface area (Å²) in [5, 5.41) is 13.8. The van der Waals surface area contributed by atoms with Crippen LogP contribution in [0.3, 0.4) is 0 Å². The molecule has 0 atom stereocenters. The second-order valence-corrected chi connectivity index (χ2v) is 9.17. The molecule has 0 aliphatic carbocycles.